The third-order valence-electron chi connectivity index (χ3n) is 3.75. The molecule has 18 heavy (non-hydrogen) atoms. The highest BCUT2D eigenvalue weighted by Gasteiger charge is 2.43. The van der Waals surface area contributed by atoms with Crippen LogP contribution in [0, 0.1) is 5.41 Å². The highest BCUT2D eigenvalue weighted by Crippen LogP contribution is 2.38. The summed E-state index contributed by atoms with van der Waals surface area (Å²) >= 11 is 12.0. The quantitative estimate of drug-likeness (QED) is 0.875. The number of carbonyl (C=O) groups is 1. The predicted molar refractivity (Wildman–Crippen MR) is 75.0 cm³/mol. The van der Waals surface area contributed by atoms with E-state index in [0.29, 0.717) is 15.7 Å². The Kier molecular flexibility index (Phi) is 3.85. The fourth-order valence-electron chi connectivity index (χ4n) is 2.34. The van der Waals surface area contributed by atoms with Gasteiger partial charge in [0.05, 0.1) is 21.1 Å². The van der Waals surface area contributed by atoms with Crippen LogP contribution in [0.15, 0.2) is 18.2 Å². The lowest BCUT2D eigenvalue weighted by Gasteiger charge is -2.27. The average Bonchev–Trinajstić information content (AvgIpc) is 2.67. The van der Waals surface area contributed by atoms with Crippen molar-refractivity contribution >= 4 is 34.8 Å². The van der Waals surface area contributed by atoms with Crippen molar-refractivity contribution in [3.8, 4) is 0 Å². The van der Waals surface area contributed by atoms with Crippen LogP contribution in [-0.4, -0.2) is 11.9 Å². The smallest absolute Gasteiger partial charge is 0.231 e. The monoisotopic (exact) mass is 286 g/mol. The van der Waals surface area contributed by atoms with Gasteiger partial charge < -0.3 is 11.1 Å². The molecule has 3 N–H and O–H groups in total. The van der Waals surface area contributed by atoms with Crippen LogP contribution in [0.1, 0.15) is 26.2 Å². The number of nitrogens with one attached hydrogen (secondary N) is 1. The largest absolute Gasteiger partial charge is 0.327 e. The number of rotatable bonds is 2. The number of anilines is 1. The maximum Gasteiger partial charge on any atom is 0.231 e. The number of hydrogen-bond donors (Lipinski definition) is 2. The van der Waals surface area contributed by atoms with Crippen molar-refractivity contribution in [3.63, 3.8) is 0 Å². The molecule has 2 unspecified atom stereocenters. The van der Waals surface area contributed by atoms with E-state index < -0.39 is 5.41 Å². The van der Waals surface area contributed by atoms with Gasteiger partial charge in [0.1, 0.15) is 0 Å². The number of nitrogens with two attached hydrogens (primary N) is 1. The Balaban J connectivity index is 2.19. The second-order valence-corrected chi connectivity index (χ2v) is 5.76. The van der Waals surface area contributed by atoms with Crippen molar-refractivity contribution < 1.29 is 4.79 Å². The molecule has 2 rings (SSSR count). The number of carbonyl (C=O) groups excluding carboxylic acids is 1. The Morgan fingerprint density at radius 3 is 2.83 bits per heavy atom. The Morgan fingerprint density at radius 1 is 1.50 bits per heavy atom. The lowest BCUT2D eigenvalue weighted by atomic mass is 9.84. The second-order valence-electron chi connectivity index (χ2n) is 4.97. The fourth-order valence-corrected chi connectivity index (χ4v) is 2.69. The van der Waals surface area contributed by atoms with E-state index in [4.69, 9.17) is 28.9 Å². The Labute approximate surface area is 117 Å². The zero-order chi connectivity index (χ0) is 13.3. The van der Waals surface area contributed by atoms with Crippen molar-refractivity contribution in [2.24, 2.45) is 11.1 Å². The lowest BCUT2D eigenvalue weighted by Crippen LogP contribution is -2.44. The molecule has 1 aromatic carbocycles. The molecule has 1 aliphatic rings. The van der Waals surface area contributed by atoms with E-state index >= 15 is 0 Å². The summed E-state index contributed by atoms with van der Waals surface area (Å²) in [5.74, 6) is -0.0864. The van der Waals surface area contributed by atoms with Crippen molar-refractivity contribution in [2.75, 3.05) is 5.32 Å². The molecule has 0 spiro atoms. The van der Waals surface area contributed by atoms with Gasteiger partial charge in [-0.2, -0.15) is 0 Å². The fraction of sp³-hybridized carbons (Fsp3) is 0.462. The molecule has 0 heterocycles. The van der Waals surface area contributed by atoms with Crippen molar-refractivity contribution in [2.45, 2.75) is 32.2 Å². The van der Waals surface area contributed by atoms with Gasteiger partial charge >= 0.3 is 0 Å². The van der Waals surface area contributed by atoms with Crippen LogP contribution in [0.4, 0.5) is 5.69 Å². The summed E-state index contributed by atoms with van der Waals surface area (Å²) in [6, 6.07) is 5.06. The number of benzene rings is 1. The van der Waals surface area contributed by atoms with Crippen molar-refractivity contribution in [1.82, 2.24) is 0 Å². The topological polar surface area (TPSA) is 55.1 Å². The van der Waals surface area contributed by atoms with Crippen LogP contribution < -0.4 is 11.1 Å². The average molecular weight is 287 g/mol. The second kappa shape index (κ2) is 5.08. The van der Waals surface area contributed by atoms with Gasteiger partial charge in [-0.25, -0.2) is 0 Å². The maximum absolute atomic E-state index is 12.3. The molecule has 1 saturated carbocycles. The normalized spacial score (nSPS) is 27.2. The van der Waals surface area contributed by atoms with Crippen LogP contribution in [0.5, 0.6) is 0 Å². The van der Waals surface area contributed by atoms with E-state index in [1.807, 2.05) is 6.92 Å². The van der Waals surface area contributed by atoms with Crippen LogP contribution in [-0.2, 0) is 4.79 Å². The minimum atomic E-state index is -0.522. The first-order valence-corrected chi connectivity index (χ1v) is 6.72. The summed E-state index contributed by atoms with van der Waals surface area (Å²) in [6.07, 6.45) is 2.67. The van der Waals surface area contributed by atoms with Gasteiger partial charge in [-0.05, 0) is 31.9 Å². The first-order chi connectivity index (χ1) is 8.45. The summed E-state index contributed by atoms with van der Waals surface area (Å²) in [4.78, 5) is 12.3. The number of halogens is 2. The molecule has 98 valence electrons. The predicted octanol–water partition coefficient (Wildman–Crippen LogP) is 3.45. The van der Waals surface area contributed by atoms with Gasteiger partial charge in [0.25, 0.3) is 0 Å². The van der Waals surface area contributed by atoms with E-state index in [0.717, 1.165) is 19.3 Å². The summed E-state index contributed by atoms with van der Waals surface area (Å²) in [6.45, 7) is 1.90. The molecule has 1 fully saturated rings. The third-order valence-corrected chi connectivity index (χ3v) is 4.57. The van der Waals surface area contributed by atoms with Gasteiger partial charge in [-0.3, -0.25) is 4.79 Å². The minimum Gasteiger partial charge on any atom is -0.327 e. The van der Waals surface area contributed by atoms with Gasteiger partial charge in [0.2, 0.25) is 5.91 Å². The summed E-state index contributed by atoms with van der Waals surface area (Å²) in [7, 11) is 0. The SMILES string of the molecule is CC1(C(=O)Nc2cccc(Cl)c2Cl)CCCC1N. The van der Waals surface area contributed by atoms with Gasteiger partial charge in [0, 0.05) is 6.04 Å². The minimum absolute atomic E-state index is 0.0864. The molecule has 1 aromatic rings. The third kappa shape index (κ3) is 2.35. The van der Waals surface area contributed by atoms with Crippen molar-refractivity contribution in [3.05, 3.63) is 28.2 Å². The Hall–Kier alpha value is -0.770. The molecule has 0 bridgehead atoms. The van der Waals surface area contributed by atoms with E-state index in [1.54, 1.807) is 18.2 Å². The Bertz CT molecular complexity index is 478. The van der Waals surface area contributed by atoms with Gasteiger partial charge in [-0.15, -0.1) is 0 Å². The molecule has 1 amide bonds. The molecule has 0 saturated heterocycles. The van der Waals surface area contributed by atoms with Crippen LogP contribution in [0.2, 0.25) is 10.0 Å². The highest BCUT2D eigenvalue weighted by molar-refractivity contribution is 6.44. The zero-order valence-electron chi connectivity index (χ0n) is 10.2. The highest BCUT2D eigenvalue weighted by atomic mass is 35.5. The van der Waals surface area contributed by atoms with Crippen LogP contribution in [0.3, 0.4) is 0 Å². The Morgan fingerprint density at radius 2 is 2.22 bits per heavy atom. The summed E-state index contributed by atoms with van der Waals surface area (Å²) in [5, 5.41) is 3.62. The van der Waals surface area contributed by atoms with Gasteiger partial charge in [-0.1, -0.05) is 35.7 Å². The summed E-state index contributed by atoms with van der Waals surface area (Å²) < 4.78 is 0. The number of amides is 1. The molecule has 2 atom stereocenters. The van der Waals surface area contributed by atoms with E-state index in [1.165, 1.54) is 0 Å². The molecular formula is C13H16Cl2N2O. The van der Waals surface area contributed by atoms with Crippen LogP contribution >= 0.6 is 23.2 Å². The van der Waals surface area contributed by atoms with Crippen molar-refractivity contribution in [1.29, 1.82) is 0 Å². The molecule has 0 radical (unpaired) electrons. The molecule has 5 heteroatoms. The zero-order valence-corrected chi connectivity index (χ0v) is 11.7. The first kappa shape index (κ1) is 13.7. The van der Waals surface area contributed by atoms with E-state index in [-0.39, 0.29) is 11.9 Å². The van der Waals surface area contributed by atoms with E-state index in [9.17, 15) is 4.79 Å². The van der Waals surface area contributed by atoms with E-state index in [2.05, 4.69) is 5.32 Å². The molecular weight excluding hydrogens is 271 g/mol. The maximum atomic E-state index is 12.3. The molecule has 3 nitrogen and oxygen atoms in total. The number of hydrogen-bond acceptors (Lipinski definition) is 2. The van der Waals surface area contributed by atoms with Gasteiger partial charge in [0.15, 0.2) is 0 Å². The lowest BCUT2D eigenvalue weighted by molar-refractivity contribution is -0.125. The summed E-state index contributed by atoms with van der Waals surface area (Å²) in [5.41, 5.74) is 6.03. The standard InChI is InChI=1S/C13H16Cl2N2O/c1-13(7-3-6-10(13)16)12(18)17-9-5-2-4-8(14)11(9)15/h2,4-5,10H,3,6-7,16H2,1H3,(H,17,18). The molecule has 0 aromatic heterocycles. The first-order valence-electron chi connectivity index (χ1n) is 5.96. The van der Waals surface area contributed by atoms with Crippen LogP contribution in [0.25, 0.3) is 0 Å². The molecule has 0 aliphatic heterocycles. The molecule has 1 aliphatic carbocycles.